The molecule has 0 saturated carbocycles. The summed E-state index contributed by atoms with van der Waals surface area (Å²) in [6, 6.07) is 9.74. The number of likely N-dealkylation sites (N-methyl/N-ethyl adjacent to an activating group) is 1. The van der Waals surface area contributed by atoms with Crippen LogP contribution in [0.3, 0.4) is 0 Å². The van der Waals surface area contributed by atoms with Crippen LogP contribution in [0.5, 0.6) is 0 Å². The Bertz CT molecular complexity index is 362. The van der Waals surface area contributed by atoms with Crippen LogP contribution in [0.15, 0.2) is 24.3 Å². The summed E-state index contributed by atoms with van der Waals surface area (Å²) < 4.78 is 5.22. The van der Waals surface area contributed by atoms with Crippen LogP contribution in [0, 0.1) is 6.92 Å². The summed E-state index contributed by atoms with van der Waals surface area (Å²) in [6.07, 6.45) is 0. The molecule has 0 aliphatic rings. The molecular formula is C17H30N2O. The molecule has 0 aliphatic carbocycles. The van der Waals surface area contributed by atoms with Crippen LogP contribution in [-0.2, 0) is 4.74 Å². The lowest BCUT2D eigenvalue weighted by Gasteiger charge is -2.31. The van der Waals surface area contributed by atoms with Gasteiger partial charge in [0.1, 0.15) is 0 Å². The Morgan fingerprint density at radius 2 is 1.85 bits per heavy atom. The molecule has 20 heavy (non-hydrogen) atoms. The standard InChI is InChI=1S/C17H30N2O/c1-6-18-17(16-9-7-15(4)8-10-16)13-19(14(2)3)11-12-20-5/h7-10,14,17-18H,6,11-13H2,1-5H3. The Hall–Kier alpha value is -0.900. The number of rotatable bonds is 9. The van der Waals surface area contributed by atoms with Crippen molar-refractivity contribution in [2.45, 2.75) is 39.8 Å². The molecule has 1 aromatic rings. The van der Waals surface area contributed by atoms with E-state index in [0.29, 0.717) is 12.1 Å². The molecule has 1 unspecified atom stereocenters. The van der Waals surface area contributed by atoms with Gasteiger partial charge < -0.3 is 10.1 Å². The number of nitrogens with zero attached hydrogens (tertiary/aromatic N) is 1. The van der Waals surface area contributed by atoms with Gasteiger partial charge in [-0.2, -0.15) is 0 Å². The number of hydrogen-bond acceptors (Lipinski definition) is 3. The number of methoxy groups -OCH3 is 1. The van der Waals surface area contributed by atoms with E-state index in [1.165, 1.54) is 11.1 Å². The van der Waals surface area contributed by atoms with Crippen molar-refractivity contribution in [3.05, 3.63) is 35.4 Å². The number of aryl methyl sites for hydroxylation is 1. The van der Waals surface area contributed by atoms with Gasteiger partial charge in [0, 0.05) is 32.3 Å². The second-order valence-electron chi connectivity index (χ2n) is 5.60. The van der Waals surface area contributed by atoms with Crippen LogP contribution in [0.1, 0.15) is 37.9 Å². The largest absolute Gasteiger partial charge is 0.383 e. The summed E-state index contributed by atoms with van der Waals surface area (Å²) in [5.74, 6) is 0. The number of nitrogens with one attached hydrogen (secondary N) is 1. The Balaban J connectivity index is 2.75. The third kappa shape index (κ3) is 5.61. The zero-order chi connectivity index (χ0) is 15.0. The summed E-state index contributed by atoms with van der Waals surface area (Å²) in [6.45, 7) is 12.5. The van der Waals surface area contributed by atoms with Gasteiger partial charge in [-0.25, -0.2) is 0 Å². The molecule has 0 bridgehead atoms. The molecular weight excluding hydrogens is 248 g/mol. The van der Waals surface area contributed by atoms with Gasteiger partial charge in [-0.3, -0.25) is 4.90 Å². The van der Waals surface area contributed by atoms with Gasteiger partial charge in [-0.05, 0) is 32.9 Å². The Morgan fingerprint density at radius 1 is 1.20 bits per heavy atom. The highest BCUT2D eigenvalue weighted by molar-refractivity contribution is 5.24. The minimum absolute atomic E-state index is 0.375. The summed E-state index contributed by atoms with van der Waals surface area (Å²) in [5.41, 5.74) is 2.67. The van der Waals surface area contributed by atoms with Crippen LogP contribution in [0.25, 0.3) is 0 Å². The first-order valence-electron chi connectivity index (χ1n) is 7.61. The normalized spacial score (nSPS) is 13.2. The lowest BCUT2D eigenvalue weighted by Crippen LogP contribution is -2.40. The van der Waals surface area contributed by atoms with Gasteiger partial charge in [0.05, 0.1) is 6.61 Å². The van der Waals surface area contributed by atoms with Crippen LogP contribution >= 0.6 is 0 Å². The fraction of sp³-hybridized carbons (Fsp3) is 0.647. The van der Waals surface area contributed by atoms with Crippen molar-refractivity contribution in [3.63, 3.8) is 0 Å². The van der Waals surface area contributed by atoms with Crippen molar-refractivity contribution in [2.24, 2.45) is 0 Å². The SMILES string of the molecule is CCNC(CN(CCOC)C(C)C)c1ccc(C)cc1. The van der Waals surface area contributed by atoms with Crippen molar-refractivity contribution >= 4 is 0 Å². The van der Waals surface area contributed by atoms with Crippen molar-refractivity contribution in [3.8, 4) is 0 Å². The fourth-order valence-electron chi connectivity index (χ4n) is 2.34. The average Bonchev–Trinajstić information content (AvgIpc) is 2.43. The molecule has 0 saturated heterocycles. The van der Waals surface area contributed by atoms with Gasteiger partial charge in [-0.15, -0.1) is 0 Å². The Labute approximate surface area is 124 Å². The molecule has 0 radical (unpaired) electrons. The molecule has 0 aliphatic heterocycles. The maximum atomic E-state index is 5.22. The van der Waals surface area contributed by atoms with E-state index >= 15 is 0 Å². The van der Waals surface area contributed by atoms with Crippen LogP contribution in [-0.4, -0.2) is 44.3 Å². The molecule has 0 aromatic heterocycles. The topological polar surface area (TPSA) is 24.5 Å². The smallest absolute Gasteiger partial charge is 0.0589 e. The summed E-state index contributed by atoms with van der Waals surface area (Å²) >= 11 is 0. The molecule has 1 N–H and O–H groups in total. The van der Waals surface area contributed by atoms with E-state index in [0.717, 1.165) is 26.2 Å². The van der Waals surface area contributed by atoms with E-state index in [2.05, 4.69) is 62.2 Å². The first-order chi connectivity index (χ1) is 9.58. The van der Waals surface area contributed by atoms with E-state index in [1.807, 2.05) is 0 Å². The van der Waals surface area contributed by atoms with Crippen LogP contribution in [0.4, 0.5) is 0 Å². The lowest BCUT2D eigenvalue weighted by atomic mass is 10.0. The van der Waals surface area contributed by atoms with E-state index in [-0.39, 0.29) is 0 Å². The molecule has 0 amide bonds. The number of hydrogen-bond donors (Lipinski definition) is 1. The van der Waals surface area contributed by atoms with Gasteiger partial charge in [-0.1, -0.05) is 36.8 Å². The fourth-order valence-corrected chi connectivity index (χ4v) is 2.34. The molecule has 0 heterocycles. The molecule has 114 valence electrons. The van der Waals surface area contributed by atoms with E-state index in [9.17, 15) is 0 Å². The highest BCUT2D eigenvalue weighted by Crippen LogP contribution is 2.16. The average molecular weight is 278 g/mol. The van der Waals surface area contributed by atoms with Gasteiger partial charge in [0.25, 0.3) is 0 Å². The predicted molar refractivity (Wildman–Crippen MR) is 86.2 cm³/mol. The monoisotopic (exact) mass is 278 g/mol. The quantitative estimate of drug-likeness (QED) is 0.751. The molecule has 3 nitrogen and oxygen atoms in total. The van der Waals surface area contributed by atoms with Gasteiger partial charge in [0.15, 0.2) is 0 Å². The van der Waals surface area contributed by atoms with E-state index < -0.39 is 0 Å². The minimum atomic E-state index is 0.375. The highest BCUT2D eigenvalue weighted by Gasteiger charge is 2.17. The molecule has 3 heteroatoms. The molecule has 1 aromatic carbocycles. The zero-order valence-electron chi connectivity index (χ0n) is 13.6. The summed E-state index contributed by atoms with van der Waals surface area (Å²) in [4.78, 5) is 2.47. The lowest BCUT2D eigenvalue weighted by molar-refractivity contribution is 0.121. The van der Waals surface area contributed by atoms with Crippen LogP contribution < -0.4 is 5.32 Å². The molecule has 0 spiro atoms. The van der Waals surface area contributed by atoms with E-state index in [1.54, 1.807) is 7.11 Å². The predicted octanol–water partition coefficient (Wildman–Crippen LogP) is 3.00. The molecule has 1 rings (SSSR count). The zero-order valence-corrected chi connectivity index (χ0v) is 13.6. The van der Waals surface area contributed by atoms with Crippen molar-refractivity contribution in [1.29, 1.82) is 0 Å². The molecule has 0 fully saturated rings. The number of ether oxygens (including phenoxy) is 1. The first-order valence-corrected chi connectivity index (χ1v) is 7.61. The Morgan fingerprint density at radius 3 is 2.35 bits per heavy atom. The second kappa shape index (κ2) is 9.11. The second-order valence-corrected chi connectivity index (χ2v) is 5.60. The highest BCUT2D eigenvalue weighted by atomic mass is 16.5. The van der Waals surface area contributed by atoms with Gasteiger partial charge >= 0.3 is 0 Å². The Kier molecular flexibility index (Phi) is 7.82. The summed E-state index contributed by atoms with van der Waals surface area (Å²) in [5, 5.41) is 3.60. The maximum absolute atomic E-state index is 5.22. The first kappa shape index (κ1) is 17.2. The van der Waals surface area contributed by atoms with Crippen molar-refractivity contribution in [1.82, 2.24) is 10.2 Å². The van der Waals surface area contributed by atoms with Crippen molar-refractivity contribution < 1.29 is 4.74 Å². The third-order valence-electron chi connectivity index (χ3n) is 3.66. The van der Waals surface area contributed by atoms with Gasteiger partial charge in [0.2, 0.25) is 0 Å². The minimum Gasteiger partial charge on any atom is -0.383 e. The maximum Gasteiger partial charge on any atom is 0.0589 e. The van der Waals surface area contributed by atoms with Crippen molar-refractivity contribution in [2.75, 3.05) is 33.4 Å². The van der Waals surface area contributed by atoms with E-state index in [4.69, 9.17) is 4.74 Å². The van der Waals surface area contributed by atoms with Crippen LogP contribution in [0.2, 0.25) is 0 Å². The molecule has 1 atom stereocenters. The third-order valence-corrected chi connectivity index (χ3v) is 3.66. The summed E-state index contributed by atoms with van der Waals surface area (Å²) in [7, 11) is 1.76. The number of benzene rings is 1.